The first-order valence-corrected chi connectivity index (χ1v) is 7.85. The summed E-state index contributed by atoms with van der Waals surface area (Å²) in [5.74, 6) is 0.442. The quantitative estimate of drug-likeness (QED) is 0.770. The van der Waals surface area contributed by atoms with Crippen molar-refractivity contribution in [2.45, 2.75) is 12.5 Å². The first-order chi connectivity index (χ1) is 11.6. The van der Waals surface area contributed by atoms with Crippen LogP contribution in [-0.4, -0.2) is 21.3 Å². The van der Waals surface area contributed by atoms with Crippen molar-refractivity contribution in [3.8, 4) is 11.8 Å². The molecule has 0 bridgehead atoms. The third-order valence-electron chi connectivity index (χ3n) is 3.78. The average molecular weight is 342 g/mol. The van der Waals surface area contributed by atoms with E-state index in [9.17, 15) is 5.26 Å². The number of hydrogen-bond donors (Lipinski definition) is 1. The first kappa shape index (κ1) is 16.2. The molecule has 1 atom stereocenters. The van der Waals surface area contributed by atoms with Crippen molar-refractivity contribution in [1.29, 1.82) is 5.26 Å². The number of fused-ring (bicyclic) bond motifs is 1. The van der Waals surface area contributed by atoms with Gasteiger partial charge in [-0.25, -0.2) is 4.98 Å². The average Bonchev–Trinajstić information content (AvgIpc) is 2.96. The fraction of sp³-hybridized carbons (Fsp3) is 0.235. The van der Waals surface area contributed by atoms with Crippen LogP contribution in [0.1, 0.15) is 23.7 Å². The highest BCUT2D eigenvalue weighted by Crippen LogP contribution is 2.32. The third kappa shape index (κ3) is 3.04. The van der Waals surface area contributed by atoms with Crippen molar-refractivity contribution in [1.82, 2.24) is 14.8 Å². The van der Waals surface area contributed by atoms with Crippen molar-refractivity contribution in [3.05, 3.63) is 52.8 Å². The predicted octanol–water partition coefficient (Wildman–Crippen LogP) is 2.96. The number of rotatable bonds is 5. The summed E-state index contributed by atoms with van der Waals surface area (Å²) in [6.45, 7) is 0.442. The molecule has 0 fully saturated rings. The van der Waals surface area contributed by atoms with Gasteiger partial charge >= 0.3 is 0 Å². The molecule has 6 nitrogen and oxygen atoms in total. The van der Waals surface area contributed by atoms with Gasteiger partial charge in [0.25, 0.3) is 0 Å². The number of aromatic nitrogens is 3. The van der Waals surface area contributed by atoms with E-state index in [1.54, 1.807) is 35.3 Å². The van der Waals surface area contributed by atoms with Gasteiger partial charge in [0.1, 0.15) is 17.9 Å². The molecule has 3 aromatic rings. The van der Waals surface area contributed by atoms with Gasteiger partial charge in [0, 0.05) is 41.7 Å². The molecule has 0 spiro atoms. The highest BCUT2D eigenvalue weighted by Gasteiger charge is 2.19. The molecule has 0 saturated heterocycles. The van der Waals surface area contributed by atoms with Gasteiger partial charge in [-0.05, 0) is 24.7 Å². The number of nitrogens with two attached hydrogens (primary N) is 1. The van der Waals surface area contributed by atoms with Gasteiger partial charge in [0.05, 0.1) is 11.8 Å². The third-order valence-corrected chi connectivity index (χ3v) is 4.01. The summed E-state index contributed by atoms with van der Waals surface area (Å²) in [4.78, 5) is 4.34. The van der Waals surface area contributed by atoms with Crippen molar-refractivity contribution in [2.75, 3.05) is 6.54 Å². The van der Waals surface area contributed by atoms with Crippen LogP contribution in [0.4, 0.5) is 0 Å². The zero-order valence-electron chi connectivity index (χ0n) is 13.1. The van der Waals surface area contributed by atoms with E-state index in [1.165, 1.54) is 0 Å². The van der Waals surface area contributed by atoms with Gasteiger partial charge in [-0.3, -0.25) is 4.68 Å². The van der Waals surface area contributed by atoms with Gasteiger partial charge in [-0.1, -0.05) is 11.6 Å². The van der Waals surface area contributed by atoms with Crippen molar-refractivity contribution < 1.29 is 4.74 Å². The van der Waals surface area contributed by atoms with Crippen molar-refractivity contribution in [2.24, 2.45) is 12.8 Å². The maximum atomic E-state index is 9.28. The van der Waals surface area contributed by atoms with Crippen LogP contribution in [0.2, 0.25) is 5.02 Å². The highest BCUT2D eigenvalue weighted by molar-refractivity contribution is 6.30. The summed E-state index contributed by atoms with van der Waals surface area (Å²) in [5.41, 5.74) is 7.89. The molecule has 2 aromatic heterocycles. The smallest absolute Gasteiger partial charge is 0.157 e. The summed E-state index contributed by atoms with van der Waals surface area (Å²) in [7, 11) is 1.84. The Morgan fingerprint density at radius 3 is 3.00 bits per heavy atom. The lowest BCUT2D eigenvalue weighted by atomic mass is 10.0. The first-order valence-electron chi connectivity index (χ1n) is 7.47. The zero-order chi connectivity index (χ0) is 17.1. The molecule has 3 rings (SSSR count). The molecular weight excluding hydrogens is 326 g/mol. The van der Waals surface area contributed by atoms with Gasteiger partial charge in [0.2, 0.25) is 0 Å². The van der Waals surface area contributed by atoms with Crippen LogP contribution < -0.4 is 10.5 Å². The number of nitrogens with zero attached hydrogens (tertiary/aromatic N) is 4. The minimum Gasteiger partial charge on any atom is -0.484 e. The van der Waals surface area contributed by atoms with Crippen LogP contribution in [0.25, 0.3) is 11.0 Å². The predicted molar refractivity (Wildman–Crippen MR) is 91.7 cm³/mol. The van der Waals surface area contributed by atoms with Crippen LogP contribution in [0.15, 0.2) is 36.7 Å². The number of ether oxygens (including phenoxy) is 1. The molecule has 2 N–H and O–H groups in total. The number of nitriles is 1. The van der Waals surface area contributed by atoms with Crippen LogP contribution in [0.3, 0.4) is 0 Å². The lowest BCUT2D eigenvalue weighted by Crippen LogP contribution is -2.14. The van der Waals surface area contributed by atoms with E-state index >= 15 is 0 Å². The molecule has 7 heteroatoms. The maximum absolute atomic E-state index is 9.28. The maximum Gasteiger partial charge on any atom is 0.157 e. The Balaban J connectivity index is 2.04. The summed E-state index contributed by atoms with van der Waals surface area (Å²) >= 11 is 6.04. The molecule has 0 amide bonds. The van der Waals surface area contributed by atoms with Crippen LogP contribution in [0.5, 0.6) is 5.75 Å². The fourth-order valence-electron chi connectivity index (χ4n) is 2.62. The van der Waals surface area contributed by atoms with E-state index in [2.05, 4.69) is 16.2 Å². The minimum absolute atomic E-state index is 0.324. The Hall–Kier alpha value is -2.62. The second kappa shape index (κ2) is 6.87. The van der Waals surface area contributed by atoms with Gasteiger partial charge in [-0.2, -0.15) is 10.4 Å². The normalized spacial score (nSPS) is 12.1. The second-order valence-corrected chi connectivity index (χ2v) is 5.78. The van der Waals surface area contributed by atoms with Crippen LogP contribution >= 0.6 is 11.6 Å². The number of aryl methyl sites for hydroxylation is 1. The number of benzene rings is 1. The molecule has 1 aromatic carbocycles. The Bertz CT molecular complexity index is 915. The Morgan fingerprint density at radius 1 is 1.42 bits per heavy atom. The van der Waals surface area contributed by atoms with Crippen LogP contribution in [0, 0.1) is 11.3 Å². The molecule has 0 aliphatic heterocycles. The fourth-order valence-corrected chi connectivity index (χ4v) is 2.78. The Morgan fingerprint density at radius 2 is 2.25 bits per heavy atom. The Kier molecular flexibility index (Phi) is 4.65. The second-order valence-electron chi connectivity index (χ2n) is 5.34. The lowest BCUT2D eigenvalue weighted by Gasteiger charge is -2.20. The standard InChI is InChI=1S/C17H16ClN5O/c1-23-17-14(10-22-23)13(5-7-21-17)15(4-6-19)24-16-8-12(18)3-2-11(16)9-20/h2-3,5,7-8,10,15H,4,6,19H2,1H3. The summed E-state index contributed by atoms with van der Waals surface area (Å²) in [6.07, 6.45) is 3.74. The minimum atomic E-state index is -0.324. The summed E-state index contributed by atoms with van der Waals surface area (Å²) in [5, 5.41) is 14.9. The number of hydrogen-bond acceptors (Lipinski definition) is 5. The highest BCUT2D eigenvalue weighted by atomic mass is 35.5. The monoisotopic (exact) mass is 341 g/mol. The molecule has 2 heterocycles. The van der Waals surface area contributed by atoms with Gasteiger partial charge in [-0.15, -0.1) is 0 Å². The van der Waals surface area contributed by atoms with E-state index in [0.29, 0.717) is 29.3 Å². The van der Waals surface area contributed by atoms with E-state index in [-0.39, 0.29) is 6.10 Å². The molecule has 122 valence electrons. The Labute approximate surface area is 144 Å². The van der Waals surface area contributed by atoms with E-state index < -0.39 is 0 Å². The largest absolute Gasteiger partial charge is 0.484 e. The van der Waals surface area contributed by atoms with Crippen LogP contribution in [-0.2, 0) is 7.05 Å². The van der Waals surface area contributed by atoms with Gasteiger partial charge < -0.3 is 10.5 Å². The van der Waals surface area contributed by atoms with E-state index in [1.807, 2.05) is 13.1 Å². The van der Waals surface area contributed by atoms with E-state index in [4.69, 9.17) is 22.1 Å². The molecule has 0 radical (unpaired) electrons. The summed E-state index contributed by atoms with van der Waals surface area (Å²) < 4.78 is 7.82. The summed E-state index contributed by atoms with van der Waals surface area (Å²) in [6, 6.07) is 8.96. The molecule has 0 saturated carbocycles. The zero-order valence-corrected chi connectivity index (χ0v) is 13.9. The lowest BCUT2D eigenvalue weighted by molar-refractivity contribution is 0.198. The van der Waals surface area contributed by atoms with E-state index in [0.717, 1.165) is 16.6 Å². The topological polar surface area (TPSA) is 89.8 Å². The molecule has 0 aliphatic carbocycles. The molecular formula is C17H16ClN5O. The molecule has 24 heavy (non-hydrogen) atoms. The molecule has 0 aliphatic rings. The SMILES string of the molecule is Cn1ncc2c(C(CCN)Oc3cc(Cl)ccc3C#N)ccnc21. The van der Waals surface area contributed by atoms with Crippen molar-refractivity contribution in [3.63, 3.8) is 0 Å². The number of pyridine rings is 1. The number of halogens is 1. The van der Waals surface area contributed by atoms with Gasteiger partial charge in [0.15, 0.2) is 5.65 Å². The molecule has 1 unspecified atom stereocenters. The van der Waals surface area contributed by atoms with Crippen molar-refractivity contribution >= 4 is 22.6 Å².